The molecule has 0 bridgehead atoms. The molecule has 5 heteroatoms. The number of nitrogens with one attached hydrogen (secondary N) is 1. The standard InChI is InChI=1S/C13H16BrClN2O/c14-10-6-11(12(15)16-8-10)13(18)17-7-9-4-2-1-3-5-9/h6,8-9H,1-5,7H2,(H,17,18). The average molecular weight is 332 g/mol. The molecule has 18 heavy (non-hydrogen) atoms. The van der Waals surface area contributed by atoms with Gasteiger partial charge in [-0.15, -0.1) is 0 Å². The summed E-state index contributed by atoms with van der Waals surface area (Å²) >= 11 is 9.21. The van der Waals surface area contributed by atoms with Gasteiger partial charge in [0.1, 0.15) is 5.15 Å². The summed E-state index contributed by atoms with van der Waals surface area (Å²) in [7, 11) is 0. The first-order valence-electron chi connectivity index (χ1n) is 6.26. The van der Waals surface area contributed by atoms with Gasteiger partial charge in [0.2, 0.25) is 0 Å². The van der Waals surface area contributed by atoms with Gasteiger partial charge in [0.15, 0.2) is 0 Å². The Morgan fingerprint density at radius 3 is 2.89 bits per heavy atom. The van der Waals surface area contributed by atoms with Crippen LogP contribution in [0.25, 0.3) is 0 Å². The van der Waals surface area contributed by atoms with Crippen LogP contribution in [0.5, 0.6) is 0 Å². The maximum atomic E-state index is 12.0. The molecule has 0 atom stereocenters. The maximum absolute atomic E-state index is 12.0. The van der Waals surface area contributed by atoms with Crippen molar-refractivity contribution in [1.29, 1.82) is 0 Å². The van der Waals surface area contributed by atoms with Gasteiger partial charge in [-0.2, -0.15) is 0 Å². The number of carbonyl (C=O) groups excluding carboxylic acids is 1. The first kappa shape index (κ1) is 13.8. The minimum atomic E-state index is -0.139. The molecule has 3 nitrogen and oxygen atoms in total. The van der Waals surface area contributed by atoms with Gasteiger partial charge in [0.25, 0.3) is 5.91 Å². The summed E-state index contributed by atoms with van der Waals surface area (Å²) in [6.45, 7) is 0.738. The number of aromatic nitrogens is 1. The lowest BCUT2D eigenvalue weighted by molar-refractivity contribution is 0.0943. The molecule has 0 saturated heterocycles. The summed E-state index contributed by atoms with van der Waals surface area (Å²) in [5.41, 5.74) is 0.432. The lowest BCUT2D eigenvalue weighted by Gasteiger charge is -2.21. The van der Waals surface area contributed by atoms with Gasteiger partial charge in [-0.1, -0.05) is 30.9 Å². The zero-order chi connectivity index (χ0) is 13.0. The van der Waals surface area contributed by atoms with Crippen LogP contribution in [0.3, 0.4) is 0 Å². The number of nitrogens with zero attached hydrogens (tertiary/aromatic N) is 1. The zero-order valence-electron chi connectivity index (χ0n) is 10.1. The SMILES string of the molecule is O=C(NCC1CCCCC1)c1cc(Br)cnc1Cl. The molecule has 0 radical (unpaired) electrons. The molecule has 0 aromatic carbocycles. The Balaban J connectivity index is 1.92. The van der Waals surface area contributed by atoms with E-state index in [0.29, 0.717) is 11.5 Å². The predicted octanol–water partition coefficient (Wildman–Crippen LogP) is 3.81. The van der Waals surface area contributed by atoms with E-state index in [0.717, 1.165) is 11.0 Å². The van der Waals surface area contributed by atoms with Crippen molar-refractivity contribution in [2.24, 2.45) is 5.92 Å². The number of amides is 1. The molecule has 98 valence electrons. The average Bonchev–Trinajstić information content (AvgIpc) is 2.40. The van der Waals surface area contributed by atoms with Gasteiger partial charge in [0.05, 0.1) is 5.56 Å². The number of pyridine rings is 1. The number of carbonyl (C=O) groups is 1. The second kappa shape index (κ2) is 6.53. The van der Waals surface area contributed by atoms with Crippen molar-refractivity contribution < 1.29 is 4.79 Å². The summed E-state index contributed by atoms with van der Waals surface area (Å²) < 4.78 is 0.759. The van der Waals surface area contributed by atoms with Gasteiger partial charge in [-0.05, 0) is 40.8 Å². The van der Waals surface area contributed by atoms with Crippen LogP contribution in [0, 0.1) is 5.92 Å². The summed E-state index contributed by atoms with van der Waals surface area (Å²) in [4.78, 5) is 16.0. The molecule has 1 aliphatic rings. The molecule has 1 aromatic heterocycles. The van der Waals surface area contributed by atoms with Crippen LogP contribution in [0.2, 0.25) is 5.15 Å². The second-order valence-corrected chi connectivity index (χ2v) is 5.98. The van der Waals surface area contributed by atoms with Crippen molar-refractivity contribution in [3.05, 3.63) is 27.5 Å². The molecular weight excluding hydrogens is 316 g/mol. The van der Waals surface area contributed by atoms with E-state index in [-0.39, 0.29) is 11.1 Å². The Morgan fingerprint density at radius 2 is 2.17 bits per heavy atom. The number of hydrogen-bond acceptors (Lipinski definition) is 2. The van der Waals surface area contributed by atoms with Crippen molar-refractivity contribution >= 4 is 33.4 Å². The topological polar surface area (TPSA) is 42.0 Å². The van der Waals surface area contributed by atoms with Crippen LogP contribution in [-0.4, -0.2) is 17.4 Å². The first-order chi connectivity index (χ1) is 8.66. The van der Waals surface area contributed by atoms with Crippen molar-refractivity contribution in [2.45, 2.75) is 32.1 Å². The second-order valence-electron chi connectivity index (χ2n) is 4.71. The lowest BCUT2D eigenvalue weighted by atomic mass is 9.89. The summed E-state index contributed by atoms with van der Waals surface area (Å²) in [5.74, 6) is 0.473. The number of halogens is 2. The van der Waals surface area contributed by atoms with E-state index in [9.17, 15) is 4.79 Å². The quantitative estimate of drug-likeness (QED) is 0.856. The Bertz CT molecular complexity index is 433. The van der Waals surface area contributed by atoms with E-state index in [1.54, 1.807) is 12.3 Å². The Morgan fingerprint density at radius 1 is 1.44 bits per heavy atom. The van der Waals surface area contributed by atoms with E-state index in [2.05, 4.69) is 26.2 Å². The highest BCUT2D eigenvalue weighted by Crippen LogP contribution is 2.23. The van der Waals surface area contributed by atoms with E-state index < -0.39 is 0 Å². The molecule has 1 saturated carbocycles. The molecule has 1 aliphatic carbocycles. The fourth-order valence-corrected chi connectivity index (χ4v) is 2.83. The van der Waals surface area contributed by atoms with Crippen LogP contribution in [-0.2, 0) is 0 Å². The van der Waals surface area contributed by atoms with Crippen LogP contribution >= 0.6 is 27.5 Å². The molecule has 0 spiro atoms. The molecular formula is C13H16BrClN2O. The highest BCUT2D eigenvalue weighted by atomic mass is 79.9. The molecule has 1 aromatic rings. The summed E-state index contributed by atoms with van der Waals surface area (Å²) in [5, 5.41) is 3.20. The van der Waals surface area contributed by atoms with Gasteiger partial charge < -0.3 is 5.32 Å². The first-order valence-corrected chi connectivity index (χ1v) is 7.43. The van der Waals surface area contributed by atoms with Crippen molar-refractivity contribution in [2.75, 3.05) is 6.54 Å². The monoisotopic (exact) mass is 330 g/mol. The highest BCUT2D eigenvalue weighted by Gasteiger charge is 2.16. The van der Waals surface area contributed by atoms with Crippen LogP contribution < -0.4 is 5.32 Å². The van der Waals surface area contributed by atoms with Crippen LogP contribution in [0.1, 0.15) is 42.5 Å². The summed E-state index contributed by atoms with van der Waals surface area (Å²) in [6, 6.07) is 1.70. The van der Waals surface area contributed by atoms with Gasteiger partial charge in [-0.3, -0.25) is 4.79 Å². The van der Waals surface area contributed by atoms with Crippen molar-refractivity contribution in [3.63, 3.8) is 0 Å². The van der Waals surface area contributed by atoms with Crippen molar-refractivity contribution in [3.8, 4) is 0 Å². The Labute approximate surface area is 120 Å². The van der Waals surface area contributed by atoms with Crippen LogP contribution in [0.4, 0.5) is 0 Å². The van der Waals surface area contributed by atoms with E-state index in [1.807, 2.05) is 0 Å². The number of rotatable bonds is 3. The van der Waals surface area contributed by atoms with Gasteiger partial charge in [0, 0.05) is 17.2 Å². The minimum absolute atomic E-state index is 0.139. The molecule has 2 rings (SSSR count). The number of hydrogen-bond donors (Lipinski definition) is 1. The van der Waals surface area contributed by atoms with Gasteiger partial charge >= 0.3 is 0 Å². The molecule has 1 fully saturated rings. The molecule has 1 amide bonds. The molecule has 0 unspecified atom stereocenters. The third kappa shape index (κ3) is 3.69. The normalized spacial score (nSPS) is 16.6. The summed E-state index contributed by atoms with van der Waals surface area (Å²) in [6.07, 6.45) is 7.89. The Hall–Kier alpha value is -0.610. The third-order valence-electron chi connectivity index (χ3n) is 3.33. The smallest absolute Gasteiger partial charge is 0.254 e. The van der Waals surface area contributed by atoms with Gasteiger partial charge in [-0.25, -0.2) is 4.98 Å². The third-order valence-corrected chi connectivity index (χ3v) is 4.06. The van der Waals surface area contributed by atoms with Crippen LogP contribution in [0.15, 0.2) is 16.7 Å². The predicted molar refractivity (Wildman–Crippen MR) is 75.9 cm³/mol. The minimum Gasteiger partial charge on any atom is -0.352 e. The highest BCUT2D eigenvalue weighted by molar-refractivity contribution is 9.10. The molecule has 1 N–H and O–H groups in total. The molecule has 0 aliphatic heterocycles. The Kier molecular flexibility index (Phi) is 5.01. The maximum Gasteiger partial charge on any atom is 0.254 e. The van der Waals surface area contributed by atoms with E-state index in [4.69, 9.17) is 11.6 Å². The van der Waals surface area contributed by atoms with E-state index >= 15 is 0 Å². The van der Waals surface area contributed by atoms with E-state index in [1.165, 1.54) is 32.1 Å². The molecule has 1 heterocycles. The van der Waals surface area contributed by atoms with Crippen molar-refractivity contribution in [1.82, 2.24) is 10.3 Å². The zero-order valence-corrected chi connectivity index (χ0v) is 12.4. The lowest BCUT2D eigenvalue weighted by Crippen LogP contribution is -2.30. The fraction of sp³-hybridized carbons (Fsp3) is 0.538. The largest absolute Gasteiger partial charge is 0.352 e. The fourth-order valence-electron chi connectivity index (χ4n) is 2.31.